The number of benzene rings is 1. The van der Waals surface area contributed by atoms with Crippen LogP contribution in [0, 0.1) is 0 Å². The fraction of sp³-hybridized carbons (Fsp3) is 0. The smallest absolute Gasteiger partial charge is 0.624 e. The molecule has 0 heterocycles. The first-order chi connectivity index (χ1) is 4.34. The number of anilines is 1. The molecule has 0 spiro atoms. The number of hydrogen-bond donors (Lipinski definition) is 2. The van der Waals surface area contributed by atoms with E-state index in [-0.39, 0.29) is 29.6 Å². The van der Waals surface area contributed by atoms with E-state index in [2.05, 4.69) is 5.43 Å². The maximum atomic E-state index is 5.46. The van der Waals surface area contributed by atoms with Crippen LogP contribution in [0.2, 0.25) is 0 Å². The van der Waals surface area contributed by atoms with Crippen molar-refractivity contribution >= 4 is 11.4 Å². The van der Waals surface area contributed by atoms with Gasteiger partial charge in [-0.05, 0) is 6.07 Å². The number of nitrogens with zero attached hydrogens (tertiary/aromatic N) is 1. The Hall–Kier alpha value is -0.220. The first kappa shape index (κ1) is 9.78. The predicted octanol–water partition coefficient (Wildman–Crippen LogP) is -1.85. The van der Waals surface area contributed by atoms with Gasteiger partial charge in [-0.25, -0.2) is 0 Å². The van der Waals surface area contributed by atoms with Crippen molar-refractivity contribution < 1.29 is 29.6 Å². The molecule has 0 aliphatic rings. The van der Waals surface area contributed by atoms with Gasteiger partial charge in [0.25, 0.3) is 0 Å². The molecule has 0 saturated heterocycles. The normalized spacial score (nSPS) is 8.10. The van der Waals surface area contributed by atoms with Gasteiger partial charge < -0.3 is 17.0 Å². The molecule has 0 amide bonds. The van der Waals surface area contributed by atoms with Crippen LogP contribution in [0.3, 0.4) is 0 Å². The second kappa shape index (κ2) is 4.57. The standard InChI is InChI=1S/C6H8N3.Na/c7-5-3-1-2-4-6(5)9-8;/h1-4H,7-8H2;/q-1;+1. The van der Waals surface area contributed by atoms with Crippen molar-refractivity contribution in [3.63, 3.8) is 0 Å². The van der Waals surface area contributed by atoms with E-state index in [9.17, 15) is 0 Å². The third-order valence-electron chi connectivity index (χ3n) is 1.08. The van der Waals surface area contributed by atoms with Crippen molar-refractivity contribution in [2.45, 2.75) is 0 Å². The monoisotopic (exact) mass is 145 g/mol. The molecule has 0 unspecified atom stereocenters. The average molecular weight is 145 g/mol. The molecule has 0 radical (unpaired) electrons. The van der Waals surface area contributed by atoms with Crippen LogP contribution in [0.1, 0.15) is 0 Å². The third-order valence-corrected chi connectivity index (χ3v) is 1.08. The van der Waals surface area contributed by atoms with Crippen LogP contribution >= 0.6 is 0 Å². The van der Waals surface area contributed by atoms with Gasteiger partial charge >= 0.3 is 29.6 Å². The molecule has 3 nitrogen and oxygen atoms in total. The number of rotatable bonds is 1. The van der Waals surface area contributed by atoms with E-state index in [1.54, 1.807) is 12.1 Å². The van der Waals surface area contributed by atoms with Crippen molar-refractivity contribution in [1.82, 2.24) is 0 Å². The van der Waals surface area contributed by atoms with E-state index in [0.29, 0.717) is 11.4 Å². The minimum Gasteiger partial charge on any atom is -0.624 e. The topological polar surface area (TPSA) is 66.1 Å². The van der Waals surface area contributed by atoms with Gasteiger partial charge in [0.1, 0.15) is 0 Å². The van der Waals surface area contributed by atoms with Crippen molar-refractivity contribution in [1.29, 1.82) is 0 Å². The van der Waals surface area contributed by atoms with Crippen molar-refractivity contribution in [3.05, 3.63) is 29.7 Å². The molecule has 0 aliphatic heterocycles. The summed E-state index contributed by atoms with van der Waals surface area (Å²) in [5.41, 5.74) is 10.2. The van der Waals surface area contributed by atoms with Crippen LogP contribution in [0.4, 0.5) is 11.4 Å². The zero-order valence-corrected chi connectivity index (χ0v) is 7.91. The summed E-state index contributed by atoms with van der Waals surface area (Å²) in [4.78, 5) is 0. The zero-order valence-electron chi connectivity index (χ0n) is 5.91. The van der Waals surface area contributed by atoms with Crippen LogP contribution in [-0.2, 0) is 0 Å². The summed E-state index contributed by atoms with van der Waals surface area (Å²) < 4.78 is 0. The molecule has 1 aromatic carbocycles. The second-order valence-electron chi connectivity index (χ2n) is 1.69. The Kier molecular flexibility index (Phi) is 4.47. The van der Waals surface area contributed by atoms with Crippen LogP contribution in [0.25, 0.3) is 5.43 Å². The fourth-order valence-electron chi connectivity index (χ4n) is 0.605. The molecule has 0 aromatic heterocycles. The summed E-state index contributed by atoms with van der Waals surface area (Å²) in [5.74, 6) is 5.00. The molecule has 10 heavy (non-hydrogen) atoms. The van der Waals surface area contributed by atoms with E-state index >= 15 is 0 Å². The number of nitrogen functional groups attached to an aromatic ring is 1. The summed E-state index contributed by atoms with van der Waals surface area (Å²) >= 11 is 0. The SMILES string of the molecule is N[N-]c1ccccc1N.[Na+]. The van der Waals surface area contributed by atoms with Crippen LogP contribution in [-0.4, -0.2) is 0 Å². The molecular weight excluding hydrogens is 137 g/mol. The molecule has 1 rings (SSSR count). The van der Waals surface area contributed by atoms with Crippen molar-refractivity contribution in [2.24, 2.45) is 5.84 Å². The largest absolute Gasteiger partial charge is 1.00 e. The van der Waals surface area contributed by atoms with Crippen molar-refractivity contribution in [2.75, 3.05) is 5.73 Å². The summed E-state index contributed by atoms with van der Waals surface area (Å²) in [6, 6.07) is 7.19. The molecule has 0 atom stereocenters. The van der Waals surface area contributed by atoms with Gasteiger partial charge in [-0.3, -0.25) is 0 Å². The minimum atomic E-state index is 0. The Morgan fingerprint density at radius 1 is 1.20 bits per heavy atom. The van der Waals surface area contributed by atoms with Crippen LogP contribution < -0.4 is 41.1 Å². The number of hydrogen-bond acceptors (Lipinski definition) is 2. The average Bonchev–Trinajstić information content (AvgIpc) is 1.89. The summed E-state index contributed by atoms with van der Waals surface area (Å²) in [6.07, 6.45) is 0. The Morgan fingerprint density at radius 3 is 2.20 bits per heavy atom. The van der Waals surface area contributed by atoms with Gasteiger partial charge in [-0.2, -0.15) is 0 Å². The Bertz CT molecular complexity index is 202. The molecule has 4 N–H and O–H groups in total. The van der Waals surface area contributed by atoms with E-state index in [1.807, 2.05) is 12.1 Å². The van der Waals surface area contributed by atoms with Gasteiger partial charge in [0.05, 0.1) is 0 Å². The fourth-order valence-corrected chi connectivity index (χ4v) is 0.605. The van der Waals surface area contributed by atoms with Gasteiger partial charge in [-0.1, -0.05) is 18.2 Å². The maximum absolute atomic E-state index is 5.46. The first-order valence-corrected chi connectivity index (χ1v) is 2.60. The van der Waals surface area contributed by atoms with Gasteiger partial charge in [0.2, 0.25) is 0 Å². The van der Waals surface area contributed by atoms with Gasteiger partial charge in [0.15, 0.2) is 0 Å². The Balaban J connectivity index is 0.000000810. The minimum absolute atomic E-state index is 0. The van der Waals surface area contributed by atoms with Gasteiger partial charge in [-0.15, -0.1) is 5.69 Å². The first-order valence-electron chi connectivity index (χ1n) is 2.60. The molecular formula is C6H8N3Na. The van der Waals surface area contributed by atoms with Gasteiger partial charge in [0, 0.05) is 5.69 Å². The third kappa shape index (κ3) is 2.19. The van der Waals surface area contributed by atoms with E-state index in [0.717, 1.165) is 0 Å². The summed E-state index contributed by atoms with van der Waals surface area (Å²) in [5, 5.41) is 0. The molecule has 48 valence electrons. The molecule has 0 bridgehead atoms. The second-order valence-corrected chi connectivity index (χ2v) is 1.69. The number of para-hydroxylation sites is 1. The van der Waals surface area contributed by atoms with Crippen LogP contribution in [0.15, 0.2) is 24.3 Å². The van der Waals surface area contributed by atoms with Crippen molar-refractivity contribution in [3.8, 4) is 0 Å². The Labute approximate surface area is 82.0 Å². The predicted molar refractivity (Wildman–Crippen MR) is 38.1 cm³/mol. The van der Waals surface area contributed by atoms with Crippen LogP contribution in [0.5, 0.6) is 0 Å². The molecule has 1 aromatic rings. The number of nitrogens with two attached hydrogens (primary N) is 2. The quantitative estimate of drug-likeness (QED) is 0.211. The maximum Gasteiger partial charge on any atom is 1.00 e. The molecule has 0 fully saturated rings. The zero-order chi connectivity index (χ0) is 6.69. The molecule has 4 heteroatoms. The molecule has 0 aliphatic carbocycles. The Morgan fingerprint density at radius 2 is 1.80 bits per heavy atom. The van der Waals surface area contributed by atoms with E-state index in [4.69, 9.17) is 11.6 Å². The van der Waals surface area contributed by atoms with E-state index in [1.165, 1.54) is 0 Å². The molecule has 0 saturated carbocycles. The summed E-state index contributed by atoms with van der Waals surface area (Å²) in [6.45, 7) is 0. The van der Waals surface area contributed by atoms with E-state index < -0.39 is 0 Å². The summed E-state index contributed by atoms with van der Waals surface area (Å²) in [7, 11) is 0.